The van der Waals surface area contributed by atoms with Crippen molar-refractivity contribution in [3.8, 4) is 0 Å². The Morgan fingerprint density at radius 2 is 1.50 bits per heavy atom. The van der Waals surface area contributed by atoms with Gasteiger partial charge in [0.1, 0.15) is 19.8 Å². The van der Waals surface area contributed by atoms with E-state index in [-0.39, 0.29) is 0 Å². The van der Waals surface area contributed by atoms with Crippen LogP contribution in [-0.2, 0) is 9.47 Å². The highest BCUT2D eigenvalue weighted by Crippen LogP contribution is 2.08. The summed E-state index contributed by atoms with van der Waals surface area (Å²) in [6.07, 6.45) is 4.44. The van der Waals surface area contributed by atoms with Crippen LogP contribution < -0.4 is 0 Å². The average Bonchev–Trinajstić information content (AvgIpc) is 2.40. The van der Waals surface area contributed by atoms with Gasteiger partial charge in [-0.25, -0.2) is 4.58 Å². The van der Waals surface area contributed by atoms with E-state index < -0.39 is 0 Å². The number of hydrogen-bond donors (Lipinski definition) is 0. The number of ether oxygens (including phenoxy) is 2. The van der Waals surface area contributed by atoms with Crippen LogP contribution in [0.3, 0.4) is 0 Å². The van der Waals surface area contributed by atoms with E-state index in [0.717, 1.165) is 52.6 Å². The third-order valence-electron chi connectivity index (χ3n) is 3.13. The first kappa shape index (κ1) is 13.4. The molecule has 0 spiro atoms. The fourth-order valence-electron chi connectivity index (χ4n) is 2.18. The lowest BCUT2D eigenvalue weighted by atomic mass is 10.3. The Bertz CT molecular complexity index is 312. The van der Waals surface area contributed by atoms with E-state index in [0.29, 0.717) is 0 Å². The van der Waals surface area contributed by atoms with Gasteiger partial charge < -0.3 is 19.3 Å². The second-order valence-electron chi connectivity index (χ2n) is 4.89. The van der Waals surface area contributed by atoms with Crippen LogP contribution in [0.2, 0.25) is 0 Å². The van der Waals surface area contributed by atoms with Crippen molar-refractivity contribution in [1.82, 2.24) is 9.80 Å². The smallest absolute Gasteiger partial charge is 0.188 e. The minimum absolute atomic E-state index is 0.821. The fourth-order valence-corrected chi connectivity index (χ4v) is 2.18. The van der Waals surface area contributed by atoms with Gasteiger partial charge in [-0.1, -0.05) is 0 Å². The zero-order valence-electron chi connectivity index (χ0n) is 11.5. The molecule has 0 bridgehead atoms. The molecule has 0 saturated carbocycles. The van der Waals surface area contributed by atoms with Crippen LogP contribution in [0.25, 0.3) is 0 Å². The van der Waals surface area contributed by atoms with Gasteiger partial charge in [0.2, 0.25) is 0 Å². The Kier molecular flexibility index (Phi) is 5.01. The Hall–Kier alpha value is -1.07. The van der Waals surface area contributed by atoms with Crippen LogP contribution in [0.1, 0.15) is 0 Å². The van der Waals surface area contributed by atoms with E-state index in [1.54, 1.807) is 0 Å². The molecular formula is C13H24N3O2+. The Morgan fingerprint density at radius 1 is 0.944 bits per heavy atom. The van der Waals surface area contributed by atoms with Gasteiger partial charge in [-0.05, 0) is 0 Å². The third-order valence-corrected chi connectivity index (χ3v) is 3.13. The summed E-state index contributed by atoms with van der Waals surface area (Å²) in [5.74, 6) is 0. The lowest BCUT2D eigenvalue weighted by molar-refractivity contribution is -0.459. The highest BCUT2D eigenvalue weighted by atomic mass is 16.5. The van der Waals surface area contributed by atoms with E-state index in [1.165, 1.54) is 5.70 Å². The monoisotopic (exact) mass is 254 g/mol. The van der Waals surface area contributed by atoms with E-state index in [2.05, 4.69) is 40.9 Å². The molecule has 5 heteroatoms. The van der Waals surface area contributed by atoms with Crippen molar-refractivity contribution in [3.05, 3.63) is 11.9 Å². The standard InChI is InChI=1S/C13H24N3O2/c1-14(2)11-13(16-5-9-18-10-6-16)12-15-3-7-17-8-4-15/h11-12H,3-10H2,1-2H3/q+1. The molecule has 2 aliphatic heterocycles. The zero-order valence-corrected chi connectivity index (χ0v) is 11.5. The number of nitrogens with zero attached hydrogens (tertiary/aromatic N) is 3. The quantitative estimate of drug-likeness (QED) is 0.516. The van der Waals surface area contributed by atoms with Gasteiger partial charge in [0.25, 0.3) is 0 Å². The normalized spacial score (nSPS) is 22.0. The molecule has 0 N–H and O–H groups in total. The molecule has 2 rings (SSSR count). The molecule has 5 nitrogen and oxygen atoms in total. The molecule has 0 aromatic rings. The summed E-state index contributed by atoms with van der Waals surface area (Å²) in [6, 6.07) is 0. The topological polar surface area (TPSA) is 27.9 Å². The van der Waals surface area contributed by atoms with E-state index in [1.807, 2.05) is 0 Å². The first-order chi connectivity index (χ1) is 8.75. The third kappa shape index (κ3) is 3.99. The molecular weight excluding hydrogens is 230 g/mol. The average molecular weight is 254 g/mol. The van der Waals surface area contributed by atoms with Crippen LogP contribution >= 0.6 is 0 Å². The van der Waals surface area contributed by atoms with Crippen LogP contribution in [0.4, 0.5) is 0 Å². The second-order valence-corrected chi connectivity index (χ2v) is 4.89. The van der Waals surface area contributed by atoms with Crippen molar-refractivity contribution in [2.75, 3.05) is 66.7 Å². The second kappa shape index (κ2) is 6.75. The van der Waals surface area contributed by atoms with Crippen LogP contribution in [0.5, 0.6) is 0 Å². The Labute approximate surface area is 109 Å². The largest absolute Gasteiger partial charge is 0.378 e. The van der Waals surface area contributed by atoms with Gasteiger partial charge in [-0.3, -0.25) is 0 Å². The van der Waals surface area contributed by atoms with Crippen LogP contribution in [0, 0.1) is 0 Å². The Morgan fingerprint density at radius 3 is 2.06 bits per heavy atom. The minimum atomic E-state index is 0.821. The number of allylic oxidation sites excluding steroid dienone is 1. The first-order valence-electron chi connectivity index (χ1n) is 6.63. The Balaban J connectivity index is 2.07. The number of morpholine rings is 2. The SMILES string of the molecule is C[N+](C)=C/C(=C/N1CCOCC1)N1CCOCC1. The predicted molar refractivity (Wildman–Crippen MR) is 71.0 cm³/mol. The predicted octanol–water partition coefficient (Wildman–Crippen LogP) is -0.165. The molecule has 2 saturated heterocycles. The van der Waals surface area contributed by atoms with Gasteiger partial charge in [0.15, 0.2) is 6.21 Å². The molecule has 0 amide bonds. The highest BCUT2D eigenvalue weighted by molar-refractivity contribution is 5.73. The van der Waals surface area contributed by atoms with E-state index >= 15 is 0 Å². The number of rotatable bonds is 3. The molecule has 0 aromatic heterocycles. The molecule has 2 aliphatic rings. The summed E-state index contributed by atoms with van der Waals surface area (Å²) in [5, 5.41) is 0. The number of hydrogen-bond acceptors (Lipinski definition) is 4. The summed E-state index contributed by atoms with van der Waals surface area (Å²) < 4.78 is 12.9. The lowest BCUT2D eigenvalue weighted by Crippen LogP contribution is -2.39. The molecule has 102 valence electrons. The van der Waals surface area contributed by atoms with Crippen molar-refractivity contribution < 1.29 is 14.0 Å². The molecule has 0 unspecified atom stereocenters. The van der Waals surface area contributed by atoms with Crippen molar-refractivity contribution in [1.29, 1.82) is 0 Å². The van der Waals surface area contributed by atoms with Gasteiger partial charge >= 0.3 is 0 Å². The zero-order chi connectivity index (χ0) is 12.8. The lowest BCUT2D eigenvalue weighted by Gasteiger charge is -2.31. The summed E-state index contributed by atoms with van der Waals surface area (Å²) in [6.45, 7) is 7.21. The van der Waals surface area contributed by atoms with Gasteiger partial charge in [-0.15, -0.1) is 0 Å². The summed E-state index contributed by atoms with van der Waals surface area (Å²) >= 11 is 0. The van der Waals surface area contributed by atoms with Crippen molar-refractivity contribution in [2.45, 2.75) is 0 Å². The molecule has 0 aliphatic carbocycles. The van der Waals surface area contributed by atoms with E-state index in [4.69, 9.17) is 9.47 Å². The van der Waals surface area contributed by atoms with E-state index in [9.17, 15) is 0 Å². The summed E-state index contributed by atoms with van der Waals surface area (Å²) in [4.78, 5) is 4.73. The molecule has 0 aromatic carbocycles. The maximum atomic E-state index is 5.41. The fraction of sp³-hybridized carbons (Fsp3) is 0.769. The van der Waals surface area contributed by atoms with Crippen molar-refractivity contribution in [3.63, 3.8) is 0 Å². The van der Waals surface area contributed by atoms with Gasteiger partial charge in [0.05, 0.1) is 26.4 Å². The molecule has 0 atom stereocenters. The maximum absolute atomic E-state index is 5.41. The molecule has 0 radical (unpaired) electrons. The van der Waals surface area contributed by atoms with Crippen LogP contribution in [-0.4, -0.2) is 87.3 Å². The minimum Gasteiger partial charge on any atom is -0.378 e. The molecule has 18 heavy (non-hydrogen) atoms. The molecule has 2 heterocycles. The summed E-state index contributed by atoms with van der Waals surface area (Å²) in [5.41, 5.74) is 1.27. The highest BCUT2D eigenvalue weighted by Gasteiger charge is 2.16. The molecule has 2 fully saturated rings. The first-order valence-corrected chi connectivity index (χ1v) is 6.63. The van der Waals surface area contributed by atoms with Crippen LogP contribution in [0.15, 0.2) is 11.9 Å². The maximum Gasteiger partial charge on any atom is 0.188 e. The van der Waals surface area contributed by atoms with Gasteiger partial charge in [0, 0.05) is 32.4 Å². The van der Waals surface area contributed by atoms with Crippen molar-refractivity contribution >= 4 is 6.21 Å². The van der Waals surface area contributed by atoms with Gasteiger partial charge in [-0.2, -0.15) is 0 Å². The van der Waals surface area contributed by atoms with Crippen molar-refractivity contribution in [2.24, 2.45) is 0 Å². The summed E-state index contributed by atoms with van der Waals surface area (Å²) in [7, 11) is 4.13.